The molecule has 1 aromatic heterocycles. The van der Waals surface area contributed by atoms with Gasteiger partial charge in [0, 0.05) is 10.9 Å². The van der Waals surface area contributed by atoms with E-state index in [1.807, 2.05) is 6.07 Å². The summed E-state index contributed by atoms with van der Waals surface area (Å²) in [7, 11) is 0. The minimum Gasteiger partial charge on any atom is -0.478 e. The zero-order chi connectivity index (χ0) is 15.1. The first-order valence-electron chi connectivity index (χ1n) is 7.56. The lowest BCUT2D eigenvalue weighted by Gasteiger charge is -2.16. The van der Waals surface area contributed by atoms with Crippen molar-refractivity contribution in [2.75, 3.05) is 0 Å². The molecule has 0 unspecified atom stereocenters. The van der Waals surface area contributed by atoms with Crippen LogP contribution in [0.4, 0.5) is 0 Å². The molecule has 0 saturated carbocycles. The van der Waals surface area contributed by atoms with Gasteiger partial charge in [0.2, 0.25) is 0 Å². The predicted molar refractivity (Wildman–Crippen MR) is 85.1 cm³/mol. The van der Waals surface area contributed by atoms with E-state index in [2.05, 4.69) is 28.4 Å². The molecule has 22 heavy (non-hydrogen) atoms. The summed E-state index contributed by atoms with van der Waals surface area (Å²) < 4.78 is 0. The van der Waals surface area contributed by atoms with Gasteiger partial charge in [0.05, 0.1) is 16.8 Å². The lowest BCUT2D eigenvalue weighted by atomic mass is 9.89. The maximum Gasteiger partial charge on any atom is 0.335 e. The molecular formula is C18H16N2O2. The number of H-pyrrole nitrogens is 1. The molecule has 0 amide bonds. The molecule has 0 saturated heterocycles. The Labute approximate surface area is 127 Å². The van der Waals surface area contributed by atoms with E-state index >= 15 is 0 Å². The summed E-state index contributed by atoms with van der Waals surface area (Å²) in [4.78, 5) is 11.0. The number of carbonyl (C=O) groups is 1. The van der Waals surface area contributed by atoms with Crippen LogP contribution >= 0.6 is 0 Å². The lowest BCUT2D eigenvalue weighted by molar-refractivity contribution is 0.0697. The second-order valence-electron chi connectivity index (χ2n) is 5.83. The molecule has 2 N–H and O–H groups in total. The summed E-state index contributed by atoms with van der Waals surface area (Å²) >= 11 is 0. The number of carboxylic acids is 1. The van der Waals surface area contributed by atoms with E-state index < -0.39 is 5.97 Å². The van der Waals surface area contributed by atoms with Gasteiger partial charge < -0.3 is 5.11 Å². The molecule has 0 bridgehead atoms. The summed E-state index contributed by atoms with van der Waals surface area (Å²) in [5, 5.41) is 17.4. The standard InChI is InChI=1S/C18H16N2O2/c21-18(22)14-7-8-15-16(10-14)19-20-17(15)13-6-5-11-3-1-2-4-12(11)9-13/h5-10H,1-4H2,(H,19,20)(H,21,22). The van der Waals surface area contributed by atoms with Crippen molar-refractivity contribution in [2.24, 2.45) is 0 Å². The average Bonchev–Trinajstić information content (AvgIpc) is 2.97. The third kappa shape index (κ3) is 2.08. The van der Waals surface area contributed by atoms with Crippen molar-refractivity contribution in [2.45, 2.75) is 25.7 Å². The summed E-state index contributed by atoms with van der Waals surface area (Å²) in [6.07, 6.45) is 4.82. The molecule has 110 valence electrons. The third-order valence-corrected chi connectivity index (χ3v) is 4.43. The van der Waals surface area contributed by atoms with Crippen molar-refractivity contribution in [3.63, 3.8) is 0 Å². The number of hydrogen-bond donors (Lipinski definition) is 2. The van der Waals surface area contributed by atoms with E-state index in [0.717, 1.165) is 28.6 Å². The highest BCUT2D eigenvalue weighted by Crippen LogP contribution is 2.30. The van der Waals surface area contributed by atoms with Gasteiger partial charge >= 0.3 is 5.97 Å². The first-order chi connectivity index (χ1) is 10.7. The monoisotopic (exact) mass is 292 g/mol. The molecule has 0 spiro atoms. The number of carboxylic acid groups (broad SMARTS) is 1. The Balaban J connectivity index is 1.82. The normalized spacial score (nSPS) is 14.0. The highest BCUT2D eigenvalue weighted by atomic mass is 16.4. The Morgan fingerprint density at radius 2 is 1.86 bits per heavy atom. The van der Waals surface area contributed by atoms with Crippen molar-refractivity contribution in [3.05, 3.63) is 53.1 Å². The van der Waals surface area contributed by atoms with Crippen LogP contribution in [-0.2, 0) is 12.8 Å². The number of aromatic amines is 1. The number of aryl methyl sites for hydroxylation is 2. The van der Waals surface area contributed by atoms with E-state index in [-0.39, 0.29) is 5.56 Å². The molecule has 0 fully saturated rings. The van der Waals surface area contributed by atoms with E-state index in [1.165, 1.54) is 30.4 Å². The van der Waals surface area contributed by atoms with Crippen LogP contribution in [0.2, 0.25) is 0 Å². The Morgan fingerprint density at radius 1 is 1.05 bits per heavy atom. The number of benzene rings is 2. The predicted octanol–water partition coefficient (Wildman–Crippen LogP) is 3.81. The molecule has 1 aliphatic rings. The van der Waals surface area contributed by atoms with Gasteiger partial charge in [0.1, 0.15) is 0 Å². The quantitative estimate of drug-likeness (QED) is 0.755. The Bertz CT molecular complexity index is 880. The van der Waals surface area contributed by atoms with Crippen LogP contribution in [0.1, 0.15) is 34.3 Å². The van der Waals surface area contributed by atoms with Crippen LogP contribution in [0, 0.1) is 0 Å². The molecule has 1 heterocycles. The summed E-state index contributed by atoms with van der Waals surface area (Å²) in [6, 6.07) is 11.6. The fourth-order valence-electron chi connectivity index (χ4n) is 3.25. The van der Waals surface area contributed by atoms with Crippen LogP contribution in [0.5, 0.6) is 0 Å². The summed E-state index contributed by atoms with van der Waals surface area (Å²) in [5.74, 6) is -0.924. The topological polar surface area (TPSA) is 66.0 Å². The van der Waals surface area contributed by atoms with Crippen LogP contribution < -0.4 is 0 Å². The zero-order valence-electron chi connectivity index (χ0n) is 12.1. The zero-order valence-corrected chi connectivity index (χ0v) is 12.1. The van der Waals surface area contributed by atoms with Crippen molar-refractivity contribution in [1.82, 2.24) is 10.2 Å². The van der Waals surface area contributed by atoms with E-state index in [9.17, 15) is 4.79 Å². The highest BCUT2D eigenvalue weighted by Gasteiger charge is 2.14. The van der Waals surface area contributed by atoms with E-state index in [1.54, 1.807) is 12.1 Å². The van der Waals surface area contributed by atoms with Crippen LogP contribution in [0.3, 0.4) is 0 Å². The third-order valence-electron chi connectivity index (χ3n) is 4.43. The van der Waals surface area contributed by atoms with Gasteiger partial charge in [-0.3, -0.25) is 5.10 Å². The van der Waals surface area contributed by atoms with Crippen molar-refractivity contribution < 1.29 is 9.90 Å². The van der Waals surface area contributed by atoms with Crippen molar-refractivity contribution >= 4 is 16.9 Å². The van der Waals surface area contributed by atoms with E-state index in [0.29, 0.717) is 0 Å². The van der Waals surface area contributed by atoms with E-state index in [4.69, 9.17) is 5.11 Å². The SMILES string of the molecule is O=C(O)c1ccc2c(-c3ccc4c(c3)CCCC4)n[nH]c2c1. The molecule has 4 heteroatoms. The Hall–Kier alpha value is -2.62. The number of aromatic nitrogens is 2. The lowest BCUT2D eigenvalue weighted by Crippen LogP contribution is -2.02. The average molecular weight is 292 g/mol. The van der Waals surface area contributed by atoms with Gasteiger partial charge in [-0.25, -0.2) is 4.79 Å². The minimum absolute atomic E-state index is 0.271. The molecule has 0 aliphatic heterocycles. The van der Waals surface area contributed by atoms with Gasteiger partial charge in [0.15, 0.2) is 0 Å². The molecule has 1 aliphatic carbocycles. The second-order valence-corrected chi connectivity index (χ2v) is 5.83. The van der Waals surface area contributed by atoms with Crippen LogP contribution in [0.25, 0.3) is 22.2 Å². The molecule has 4 nitrogen and oxygen atoms in total. The number of nitrogens with zero attached hydrogens (tertiary/aromatic N) is 1. The summed E-state index contributed by atoms with van der Waals surface area (Å²) in [5.41, 5.74) is 5.88. The summed E-state index contributed by atoms with van der Waals surface area (Å²) in [6.45, 7) is 0. The number of fused-ring (bicyclic) bond motifs is 2. The van der Waals surface area contributed by atoms with Gasteiger partial charge in [-0.15, -0.1) is 0 Å². The first-order valence-corrected chi connectivity index (χ1v) is 7.56. The van der Waals surface area contributed by atoms with Gasteiger partial charge in [-0.1, -0.05) is 12.1 Å². The van der Waals surface area contributed by atoms with Crippen LogP contribution in [-0.4, -0.2) is 21.3 Å². The Kier molecular flexibility index (Phi) is 2.96. The molecule has 0 radical (unpaired) electrons. The van der Waals surface area contributed by atoms with Gasteiger partial charge in [-0.2, -0.15) is 5.10 Å². The van der Waals surface area contributed by atoms with Crippen LogP contribution in [0.15, 0.2) is 36.4 Å². The fourth-order valence-corrected chi connectivity index (χ4v) is 3.25. The highest BCUT2D eigenvalue weighted by molar-refractivity contribution is 5.98. The first kappa shape index (κ1) is 13.1. The molecule has 3 aromatic rings. The van der Waals surface area contributed by atoms with Crippen molar-refractivity contribution in [1.29, 1.82) is 0 Å². The number of nitrogens with one attached hydrogen (secondary N) is 1. The maximum atomic E-state index is 11.0. The number of hydrogen-bond acceptors (Lipinski definition) is 2. The van der Waals surface area contributed by atoms with Crippen molar-refractivity contribution in [3.8, 4) is 11.3 Å². The molecular weight excluding hydrogens is 276 g/mol. The maximum absolute atomic E-state index is 11.0. The molecule has 4 rings (SSSR count). The number of rotatable bonds is 2. The smallest absolute Gasteiger partial charge is 0.335 e. The fraction of sp³-hybridized carbons (Fsp3) is 0.222. The molecule has 0 atom stereocenters. The second kappa shape index (κ2) is 4.98. The minimum atomic E-state index is -0.924. The van der Waals surface area contributed by atoms with Gasteiger partial charge in [0.25, 0.3) is 0 Å². The molecule has 2 aromatic carbocycles. The Morgan fingerprint density at radius 3 is 2.68 bits per heavy atom. The van der Waals surface area contributed by atoms with Gasteiger partial charge in [-0.05, 0) is 61.1 Å². The number of aromatic carboxylic acids is 1. The largest absolute Gasteiger partial charge is 0.478 e.